The smallest absolute Gasteiger partial charge is 0.225 e. The normalized spacial score (nSPS) is 14.1. The minimum atomic E-state index is -0.0657. The standard InChI is InChI=1S/C12H14ClN3O/c13-6-5-11(17)16-10-3-1-9(2-4-10)12-14-7-8-15-12/h1-4H,5-8H2,(H,14,15)(H,16,17). The van der Waals surface area contributed by atoms with Gasteiger partial charge in [-0.05, 0) is 24.3 Å². The Kier molecular flexibility index (Phi) is 3.98. The molecule has 0 fully saturated rings. The van der Waals surface area contributed by atoms with Crippen molar-refractivity contribution in [3.05, 3.63) is 29.8 Å². The quantitative estimate of drug-likeness (QED) is 0.799. The largest absolute Gasteiger partial charge is 0.368 e. The molecule has 0 spiro atoms. The summed E-state index contributed by atoms with van der Waals surface area (Å²) in [4.78, 5) is 15.6. The maximum Gasteiger partial charge on any atom is 0.225 e. The molecular formula is C12H14ClN3O. The van der Waals surface area contributed by atoms with Crippen molar-refractivity contribution in [1.82, 2.24) is 5.32 Å². The lowest BCUT2D eigenvalue weighted by atomic mass is 10.2. The molecule has 0 bridgehead atoms. The van der Waals surface area contributed by atoms with Gasteiger partial charge in [0, 0.05) is 30.1 Å². The molecule has 1 aromatic rings. The lowest BCUT2D eigenvalue weighted by molar-refractivity contribution is -0.115. The molecule has 5 heteroatoms. The second-order valence-electron chi connectivity index (χ2n) is 3.72. The molecule has 1 aromatic carbocycles. The van der Waals surface area contributed by atoms with Gasteiger partial charge >= 0.3 is 0 Å². The average molecular weight is 252 g/mol. The number of hydrogen-bond acceptors (Lipinski definition) is 3. The van der Waals surface area contributed by atoms with E-state index in [2.05, 4.69) is 15.6 Å². The Morgan fingerprint density at radius 1 is 1.41 bits per heavy atom. The number of carbonyl (C=O) groups excluding carboxylic acids is 1. The van der Waals surface area contributed by atoms with Gasteiger partial charge in [0.1, 0.15) is 5.84 Å². The van der Waals surface area contributed by atoms with Gasteiger partial charge in [-0.3, -0.25) is 9.79 Å². The second-order valence-corrected chi connectivity index (χ2v) is 4.10. The van der Waals surface area contributed by atoms with Crippen molar-refractivity contribution in [3.8, 4) is 0 Å². The number of nitrogens with one attached hydrogen (secondary N) is 2. The van der Waals surface area contributed by atoms with Crippen LogP contribution in [0.4, 0.5) is 5.69 Å². The summed E-state index contributed by atoms with van der Waals surface area (Å²) in [5.41, 5.74) is 1.82. The topological polar surface area (TPSA) is 53.5 Å². The number of aliphatic imine (C=N–C) groups is 1. The first-order valence-corrected chi connectivity index (χ1v) is 6.07. The second kappa shape index (κ2) is 5.68. The van der Waals surface area contributed by atoms with E-state index < -0.39 is 0 Å². The highest BCUT2D eigenvalue weighted by Crippen LogP contribution is 2.11. The Morgan fingerprint density at radius 3 is 2.76 bits per heavy atom. The first-order valence-electron chi connectivity index (χ1n) is 5.54. The molecule has 4 nitrogen and oxygen atoms in total. The van der Waals surface area contributed by atoms with Crippen molar-refractivity contribution < 1.29 is 4.79 Å². The summed E-state index contributed by atoms with van der Waals surface area (Å²) in [5, 5.41) is 5.98. The first-order chi connectivity index (χ1) is 8.29. The van der Waals surface area contributed by atoms with E-state index in [1.165, 1.54) is 0 Å². The molecule has 90 valence electrons. The van der Waals surface area contributed by atoms with Gasteiger partial charge in [0.2, 0.25) is 5.91 Å². The van der Waals surface area contributed by atoms with Crippen LogP contribution in [0.15, 0.2) is 29.3 Å². The van der Waals surface area contributed by atoms with Gasteiger partial charge < -0.3 is 10.6 Å². The molecule has 1 heterocycles. The monoisotopic (exact) mass is 251 g/mol. The highest BCUT2D eigenvalue weighted by atomic mass is 35.5. The maximum atomic E-state index is 11.3. The van der Waals surface area contributed by atoms with Crippen molar-refractivity contribution in [3.63, 3.8) is 0 Å². The molecule has 0 saturated heterocycles. The third-order valence-corrected chi connectivity index (χ3v) is 2.63. The van der Waals surface area contributed by atoms with E-state index in [0.29, 0.717) is 12.3 Å². The van der Waals surface area contributed by atoms with Gasteiger partial charge in [0.15, 0.2) is 0 Å². The van der Waals surface area contributed by atoms with Crippen molar-refractivity contribution in [1.29, 1.82) is 0 Å². The van der Waals surface area contributed by atoms with Gasteiger partial charge in [-0.2, -0.15) is 0 Å². The number of rotatable bonds is 4. The minimum Gasteiger partial charge on any atom is -0.368 e. The molecule has 0 aromatic heterocycles. The summed E-state index contributed by atoms with van der Waals surface area (Å²) >= 11 is 5.49. The van der Waals surface area contributed by atoms with Crippen molar-refractivity contribution >= 4 is 29.0 Å². The Bertz CT molecular complexity index is 428. The number of benzene rings is 1. The van der Waals surface area contributed by atoms with E-state index in [0.717, 1.165) is 30.2 Å². The molecule has 1 aliphatic heterocycles. The summed E-state index contributed by atoms with van der Waals surface area (Å²) < 4.78 is 0. The highest BCUT2D eigenvalue weighted by Gasteiger charge is 2.07. The number of carbonyl (C=O) groups is 1. The SMILES string of the molecule is O=C(CCCl)Nc1ccc(C2=NCCN2)cc1. The van der Waals surface area contributed by atoms with Crippen molar-refractivity contribution in [2.75, 3.05) is 24.3 Å². The number of amidine groups is 1. The van der Waals surface area contributed by atoms with Gasteiger partial charge in [0.25, 0.3) is 0 Å². The number of nitrogens with zero attached hydrogens (tertiary/aromatic N) is 1. The number of halogens is 1. The van der Waals surface area contributed by atoms with Crippen LogP contribution in [0.3, 0.4) is 0 Å². The molecule has 0 atom stereocenters. The predicted molar refractivity (Wildman–Crippen MR) is 69.8 cm³/mol. The minimum absolute atomic E-state index is 0.0657. The number of alkyl halides is 1. The molecule has 0 unspecified atom stereocenters. The van der Waals surface area contributed by atoms with Crippen LogP contribution < -0.4 is 10.6 Å². The van der Waals surface area contributed by atoms with E-state index in [-0.39, 0.29) is 5.91 Å². The zero-order chi connectivity index (χ0) is 12.1. The Hall–Kier alpha value is -1.55. The van der Waals surface area contributed by atoms with Crippen LogP contribution in [0.1, 0.15) is 12.0 Å². The summed E-state index contributed by atoms with van der Waals surface area (Å²) in [6, 6.07) is 7.61. The fraction of sp³-hybridized carbons (Fsp3) is 0.333. The Morgan fingerprint density at radius 2 is 2.18 bits per heavy atom. The van der Waals surface area contributed by atoms with Crippen LogP contribution in [0.25, 0.3) is 0 Å². The van der Waals surface area contributed by atoms with E-state index >= 15 is 0 Å². The van der Waals surface area contributed by atoms with Gasteiger partial charge in [-0.1, -0.05) is 0 Å². The summed E-state index contributed by atoms with van der Waals surface area (Å²) in [6.45, 7) is 1.72. The maximum absolute atomic E-state index is 11.3. The van der Waals surface area contributed by atoms with Crippen LogP contribution >= 0.6 is 11.6 Å². The summed E-state index contributed by atoms with van der Waals surface area (Å²) in [6.07, 6.45) is 0.331. The van der Waals surface area contributed by atoms with E-state index in [1.807, 2.05) is 24.3 Å². The van der Waals surface area contributed by atoms with Crippen LogP contribution in [0.2, 0.25) is 0 Å². The molecule has 1 aliphatic rings. The fourth-order valence-electron chi connectivity index (χ4n) is 1.61. The zero-order valence-electron chi connectivity index (χ0n) is 9.37. The highest BCUT2D eigenvalue weighted by molar-refractivity contribution is 6.19. The Balaban J connectivity index is 2.00. The summed E-state index contributed by atoms with van der Waals surface area (Å²) in [5.74, 6) is 1.19. The Labute approximate surface area is 105 Å². The number of anilines is 1. The summed E-state index contributed by atoms with van der Waals surface area (Å²) in [7, 11) is 0. The molecule has 0 radical (unpaired) electrons. The van der Waals surface area contributed by atoms with Crippen molar-refractivity contribution in [2.45, 2.75) is 6.42 Å². The average Bonchev–Trinajstić information content (AvgIpc) is 2.84. The lowest BCUT2D eigenvalue weighted by Crippen LogP contribution is -2.19. The van der Waals surface area contributed by atoms with E-state index in [1.54, 1.807) is 0 Å². The third-order valence-electron chi connectivity index (χ3n) is 2.44. The van der Waals surface area contributed by atoms with Gasteiger partial charge in [0.05, 0.1) is 6.54 Å². The molecular weight excluding hydrogens is 238 g/mol. The first kappa shape index (κ1) is 11.9. The fourth-order valence-corrected chi connectivity index (χ4v) is 1.78. The third kappa shape index (κ3) is 3.20. The van der Waals surface area contributed by atoms with Crippen LogP contribution in [-0.4, -0.2) is 30.7 Å². The molecule has 2 N–H and O–H groups in total. The zero-order valence-corrected chi connectivity index (χ0v) is 10.1. The van der Waals surface area contributed by atoms with Gasteiger partial charge in [-0.25, -0.2) is 0 Å². The molecule has 1 amide bonds. The molecule has 17 heavy (non-hydrogen) atoms. The number of hydrogen-bond donors (Lipinski definition) is 2. The molecule has 0 aliphatic carbocycles. The van der Waals surface area contributed by atoms with Crippen LogP contribution in [0, 0.1) is 0 Å². The van der Waals surface area contributed by atoms with Crippen LogP contribution in [0.5, 0.6) is 0 Å². The predicted octanol–water partition coefficient (Wildman–Crippen LogP) is 1.60. The van der Waals surface area contributed by atoms with Crippen LogP contribution in [-0.2, 0) is 4.79 Å². The van der Waals surface area contributed by atoms with Gasteiger partial charge in [-0.15, -0.1) is 11.6 Å². The molecule has 0 saturated carbocycles. The van der Waals surface area contributed by atoms with E-state index in [4.69, 9.17) is 11.6 Å². The lowest BCUT2D eigenvalue weighted by Gasteiger charge is -2.06. The van der Waals surface area contributed by atoms with Crippen molar-refractivity contribution in [2.24, 2.45) is 4.99 Å². The van der Waals surface area contributed by atoms with E-state index in [9.17, 15) is 4.79 Å². The number of amides is 1. The molecule has 2 rings (SSSR count).